The van der Waals surface area contributed by atoms with Gasteiger partial charge in [0.05, 0.1) is 11.5 Å². The summed E-state index contributed by atoms with van der Waals surface area (Å²) in [6.45, 7) is 2.48. The van der Waals surface area contributed by atoms with Gasteiger partial charge in [0.1, 0.15) is 5.75 Å². The van der Waals surface area contributed by atoms with Crippen LogP contribution in [0.3, 0.4) is 0 Å². The lowest BCUT2D eigenvalue weighted by Crippen LogP contribution is -2.48. The van der Waals surface area contributed by atoms with Crippen LogP contribution in [0.25, 0.3) is 0 Å². The fraction of sp³-hybridized carbons (Fsp3) is 0.611. The molecule has 3 N–H and O–H groups in total. The van der Waals surface area contributed by atoms with E-state index in [1.54, 1.807) is 12.1 Å². The fourth-order valence-electron chi connectivity index (χ4n) is 3.74. The van der Waals surface area contributed by atoms with Crippen LogP contribution in [-0.2, 0) is 14.8 Å². The first-order valence-corrected chi connectivity index (χ1v) is 10.7. The number of ether oxygens (including phenoxy) is 1. The molecule has 2 saturated heterocycles. The monoisotopic (exact) mass is 381 g/mol. The number of piperidine rings is 1. The van der Waals surface area contributed by atoms with Gasteiger partial charge in [0.25, 0.3) is 0 Å². The summed E-state index contributed by atoms with van der Waals surface area (Å²) in [6.07, 6.45) is 4.41. The van der Waals surface area contributed by atoms with E-state index in [0.717, 1.165) is 12.8 Å². The molecule has 1 amide bonds. The average molecular weight is 381 g/mol. The maximum Gasteiger partial charge on any atom is 0.240 e. The van der Waals surface area contributed by atoms with E-state index >= 15 is 0 Å². The summed E-state index contributed by atoms with van der Waals surface area (Å²) in [5, 5.41) is 6.57. The minimum absolute atomic E-state index is 0.0825. The zero-order valence-electron chi connectivity index (χ0n) is 15.0. The van der Waals surface area contributed by atoms with Gasteiger partial charge in [-0.15, -0.1) is 0 Å². The van der Waals surface area contributed by atoms with Crippen LogP contribution in [-0.4, -0.2) is 45.6 Å². The Morgan fingerprint density at radius 2 is 1.85 bits per heavy atom. The maximum absolute atomic E-state index is 12.3. The van der Waals surface area contributed by atoms with E-state index in [1.807, 2.05) is 6.92 Å². The first-order chi connectivity index (χ1) is 12.5. The van der Waals surface area contributed by atoms with Gasteiger partial charge in [-0.25, -0.2) is 13.1 Å². The highest BCUT2D eigenvalue weighted by atomic mass is 32.2. The highest BCUT2D eigenvalue weighted by molar-refractivity contribution is 7.89. The molecule has 0 aromatic heterocycles. The topological polar surface area (TPSA) is 96.5 Å². The van der Waals surface area contributed by atoms with Crippen LogP contribution in [0.1, 0.15) is 39.0 Å². The summed E-state index contributed by atoms with van der Waals surface area (Å²) < 4.78 is 32.3. The van der Waals surface area contributed by atoms with Gasteiger partial charge in [-0.3, -0.25) is 4.79 Å². The van der Waals surface area contributed by atoms with E-state index in [4.69, 9.17) is 4.74 Å². The van der Waals surface area contributed by atoms with Gasteiger partial charge >= 0.3 is 0 Å². The molecule has 2 aliphatic rings. The number of rotatable bonds is 8. The molecule has 2 heterocycles. The number of nitrogens with one attached hydrogen (secondary N) is 3. The largest absolute Gasteiger partial charge is 0.494 e. The molecule has 2 bridgehead atoms. The van der Waals surface area contributed by atoms with Crippen molar-refractivity contribution in [3.05, 3.63) is 24.3 Å². The number of benzene rings is 1. The standard InChI is InChI=1S/C18H27N3O4S/c1-2-25-16-5-7-17(8-6-16)26(23,24)19-10-9-18(22)21-15-11-13-3-4-14(12-15)20-13/h5-8,13-15,19-20H,2-4,9-12H2,1H3,(H,21,22). The summed E-state index contributed by atoms with van der Waals surface area (Å²) in [5.41, 5.74) is 0. The number of carbonyl (C=O) groups excluding carboxylic acids is 1. The first kappa shape index (κ1) is 19.1. The Morgan fingerprint density at radius 3 is 2.46 bits per heavy atom. The molecule has 0 aliphatic carbocycles. The Bertz CT molecular complexity index is 708. The second-order valence-electron chi connectivity index (χ2n) is 6.93. The molecule has 0 saturated carbocycles. The van der Waals surface area contributed by atoms with Crippen LogP contribution < -0.4 is 20.1 Å². The molecule has 2 atom stereocenters. The zero-order valence-corrected chi connectivity index (χ0v) is 15.8. The Morgan fingerprint density at radius 1 is 1.19 bits per heavy atom. The van der Waals surface area contributed by atoms with Gasteiger partial charge in [-0.2, -0.15) is 0 Å². The lowest BCUT2D eigenvalue weighted by Gasteiger charge is -2.29. The van der Waals surface area contributed by atoms with Crippen LogP contribution in [0.4, 0.5) is 0 Å². The summed E-state index contributed by atoms with van der Waals surface area (Å²) >= 11 is 0. The van der Waals surface area contributed by atoms with Gasteiger partial charge in [0.2, 0.25) is 15.9 Å². The molecule has 2 fully saturated rings. The predicted octanol–water partition coefficient (Wildman–Crippen LogP) is 1.15. The Hall–Kier alpha value is -1.64. The van der Waals surface area contributed by atoms with Crippen molar-refractivity contribution in [2.75, 3.05) is 13.2 Å². The Balaban J connectivity index is 1.43. The van der Waals surface area contributed by atoms with Crippen LogP contribution in [0.2, 0.25) is 0 Å². The minimum atomic E-state index is -3.62. The van der Waals surface area contributed by atoms with E-state index in [-0.39, 0.29) is 29.8 Å². The van der Waals surface area contributed by atoms with E-state index in [0.29, 0.717) is 24.4 Å². The molecule has 8 heteroatoms. The molecule has 7 nitrogen and oxygen atoms in total. The molecule has 2 aliphatic heterocycles. The lowest BCUT2D eigenvalue weighted by atomic mass is 10.00. The van der Waals surface area contributed by atoms with Gasteiger partial charge in [0.15, 0.2) is 0 Å². The number of fused-ring (bicyclic) bond motifs is 2. The van der Waals surface area contributed by atoms with Gasteiger partial charge < -0.3 is 15.4 Å². The summed E-state index contributed by atoms with van der Waals surface area (Å²) in [4.78, 5) is 12.3. The second kappa shape index (κ2) is 8.37. The van der Waals surface area contributed by atoms with Crippen molar-refractivity contribution < 1.29 is 17.9 Å². The number of carbonyl (C=O) groups is 1. The molecule has 0 radical (unpaired) electrons. The molecule has 0 spiro atoms. The van der Waals surface area contributed by atoms with Gasteiger partial charge in [-0.05, 0) is 56.9 Å². The third kappa shape index (κ3) is 4.96. The van der Waals surface area contributed by atoms with E-state index in [2.05, 4.69) is 15.4 Å². The van der Waals surface area contributed by atoms with Crippen molar-refractivity contribution in [1.82, 2.24) is 15.4 Å². The number of hydrogen-bond donors (Lipinski definition) is 3. The van der Waals surface area contributed by atoms with Gasteiger partial charge in [0, 0.05) is 31.1 Å². The lowest BCUT2D eigenvalue weighted by molar-refractivity contribution is -0.121. The summed E-state index contributed by atoms with van der Waals surface area (Å²) in [7, 11) is -3.62. The van der Waals surface area contributed by atoms with E-state index in [9.17, 15) is 13.2 Å². The SMILES string of the molecule is CCOc1ccc(S(=O)(=O)NCCC(=O)NC2CC3CCC(C2)N3)cc1. The normalized spacial score (nSPS) is 25.0. The Labute approximate surface area is 154 Å². The molecule has 2 unspecified atom stereocenters. The van der Waals surface area contributed by atoms with Crippen LogP contribution in [0.5, 0.6) is 5.75 Å². The number of amides is 1. The molecule has 144 valence electrons. The quantitative estimate of drug-likeness (QED) is 0.628. The molecular formula is C18H27N3O4S. The van der Waals surface area contributed by atoms with Crippen molar-refractivity contribution in [3.8, 4) is 5.75 Å². The van der Waals surface area contributed by atoms with E-state index < -0.39 is 10.0 Å². The van der Waals surface area contributed by atoms with Crippen LogP contribution >= 0.6 is 0 Å². The summed E-state index contributed by atoms with van der Waals surface area (Å²) in [5.74, 6) is 0.521. The molecular weight excluding hydrogens is 354 g/mol. The van der Waals surface area contributed by atoms with Crippen molar-refractivity contribution >= 4 is 15.9 Å². The third-order valence-corrected chi connectivity index (χ3v) is 6.40. The van der Waals surface area contributed by atoms with Crippen LogP contribution in [0.15, 0.2) is 29.2 Å². The fourth-order valence-corrected chi connectivity index (χ4v) is 4.77. The molecule has 26 heavy (non-hydrogen) atoms. The third-order valence-electron chi connectivity index (χ3n) is 4.93. The second-order valence-corrected chi connectivity index (χ2v) is 8.69. The number of sulfonamides is 1. The summed E-state index contributed by atoms with van der Waals surface area (Å²) in [6, 6.07) is 7.46. The van der Waals surface area contributed by atoms with Crippen molar-refractivity contribution in [1.29, 1.82) is 0 Å². The average Bonchev–Trinajstić information content (AvgIpc) is 2.94. The molecule has 1 aromatic rings. The van der Waals surface area contributed by atoms with Crippen molar-refractivity contribution in [3.63, 3.8) is 0 Å². The maximum atomic E-state index is 12.3. The number of hydrogen-bond acceptors (Lipinski definition) is 5. The smallest absolute Gasteiger partial charge is 0.240 e. The van der Waals surface area contributed by atoms with E-state index in [1.165, 1.54) is 25.0 Å². The first-order valence-electron chi connectivity index (χ1n) is 9.24. The predicted molar refractivity (Wildman–Crippen MR) is 98.5 cm³/mol. The highest BCUT2D eigenvalue weighted by Gasteiger charge is 2.33. The van der Waals surface area contributed by atoms with Crippen molar-refractivity contribution in [2.24, 2.45) is 0 Å². The zero-order chi connectivity index (χ0) is 18.6. The van der Waals surface area contributed by atoms with Crippen molar-refractivity contribution in [2.45, 2.75) is 62.0 Å². The molecule has 1 aromatic carbocycles. The molecule has 3 rings (SSSR count). The Kier molecular flexibility index (Phi) is 6.16. The van der Waals surface area contributed by atoms with Crippen LogP contribution in [0, 0.1) is 0 Å². The highest BCUT2D eigenvalue weighted by Crippen LogP contribution is 2.26. The minimum Gasteiger partial charge on any atom is -0.494 e. The van der Waals surface area contributed by atoms with Gasteiger partial charge in [-0.1, -0.05) is 0 Å².